The predicted octanol–water partition coefficient (Wildman–Crippen LogP) is 5.26. The summed E-state index contributed by atoms with van der Waals surface area (Å²) in [5.74, 6) is -2.42. The van der Waals surface area contributed by atoms with E-state index in [0.29, 0.717) is 6.42 Å². The molecule has 0 aromatic heterocycles. The molecule has 0 amide bonds. The summed E-state index contributed by atoms with van der Waals surface area (Å²) < 4.78 is 24.7. The van der Waals surface area contributed by atoms with Crippen molar-refractivity contribution in [3.63, 3.8) is 0 Å². The third-order valence-electron chi connectivity index (χ3n) is 3.15. The summed E-state index contributed by atoms with van der Waals surface area (Å²) in [5.41, 5.74) is 2.69. The van der Waals surface area contributed by atoms with Gasteiger partial charge in [-0.3, -0.25) is 0 Å². The molecular weight excluding hydrogens is 206 g/mol. The molecule has 0 saturated carbocycles. The summed E-state index contributed by atoms with van der Waals surface area (Å²) >= 11 is 0. The summed E-state index contributed by atoms with van der Waals surface area (Å²) in [6, 6.07) is 0. The Kier molecular flexibility index (Phi) is 5.17. The fourth-order valence-corrected chi connectivity index (χ4v) is 1.91. The van der Waals surface area contributed by atoms with Crippen LogP contribution in [0.2, 0.25) is 0 Å². The summed E-state index contributed by atoms with van der Waals surface area (Å²) in [6.45, 7) is 4.12. The van der Waals surface area contributed by atoms with Crippen LogP contribution in [0, 0.1) is 0 Å². The van der Waals surface area contributed by atoms with Crippen molar-refractivity contribution in [2.75, 3.05) is 0 Å². The van der Waals surface area contributed by atoms with Gasteiger partial charge in [0.15, 0.2) is 0 Å². The summed E-state index contributed by atoms with van der Waals surface area (Å²) in [5, 5.41) is 0. The molecule has 0 atom stereocenters. The first-order valence-corrected chi connectivity index (χ1v) is 6.19. The molecule has 16 heavy (non-hydrogen) atoms. The molecule has 0 unspecified atom stereocenters. The molecule has 92 valence electrons. The molecule has 0 fully saturated rings. The van der Waals surface area contributed by atoms with Gasteiger partial charge in [-0.1, -0.05) is 23.3 Å². The van der Waals surface area contributed by atoms with E-state index in [2.05, 4.69) is 13.0 Å². The maximum Gasteiger partial charge on any atom is 0.251 e. The molecule has 0 heterocycles. The third kappa shape index (κ3) is 5.43. The van der Waals surface area contributed by atoms with Gasteiger partial charge < -0.3 is 0 Å². The van der Waals surface area contributed by atoms with E-state index in [1.807, 2.05) is 6.92 Å². The molecule has 2 aliphatic carbocycles. The number of hydrogen-bond acceptors (Lipinski definition) is 0. The van der Waals surface area contributed by atoms with E-state index < -0.39 is 5.92 Å². The average Bonchev–Trinajstić information content (AvgIpc) is 2.25. The Labute approximate surface area is 97.4 Å². The molecule has 2 aliphatic rings. The Hall–Kier alpha value is -0.660. The second-order valence-electron chi connectivity index (χ2n) is 4.91. The number of allylic oxidation sites excluding steroid dienone is 4. The Morgan fingerprint density at radius 2 is 1.69 bits per heavy atom. The zero-order valence-electron chi connectivity index (χ0n) is 10.4. The largest absolute Gasteiger partial charge is 0.251 e. The summed E-state index contributed by atoms with van der Waals surface area (Å²) in [4.78, 5) is 0. The lowest BCUT2D eigenvalue weighted by atomic mass is 9.98. The Bertz CT molecular complexity index is 274. The first kappa shape index (κ1) is 13.4. The molecule has 2 rings (SSSR count). The van der Waals surface area contributed by atoms with Crippen LogP contribution in [0.5, 0.6) is 0 Å². The monoisotopic (exact) mass is 228 g/mol. The first-order valence-electron chi connectivity index (χ1n) is 6.19. The van der Waals surface area contributed by atoms with Gasteiger partial charge in [0.05, 0.1) is 0 Å². The smallest absolute Gasteiger partial charge is 0.207 e. The minimum atomic E-state index is -2.42. The Balaban J connectivity index is 0.000000165. The van der Waals surface area contributed by atoms with Crippen LogP contribution < -0.4 is 0 Å². The summed E-state index contributed by atoms with van der Waals surface area (Å²) in [7, 11) is 0. The van der Waals surface area contributed by atoms with Crippen molar-refractivity contribution >= 4 is 0 Å². The van der Waals surface area contributed by atoms with Gasteiger partial charge in [0.25, 0.3) is 5.92 Å². The van der Waals surface area contributed by atoms with Gasteiger partial charge in [0.2, 0.25) is 0 Å². The van der Waals surface area contributed by atoms with Crippen molar-refractivity contribution < 1.29 is 8.78 Å². The lowest BCUT2D eigenvalue weighted by Crippen LogP contribution is -2.17. The Morgan fingerprint density at radius 3 is 2.00 bits per heavy atom. The highest BCUT2D eigenvalue weighted by atomic mass is 19.3. The maximum absolute atomic E-state index is 12.3. The van der Waals surface area contributed by atoms with Crippen molar-refractivity contribution in [1.29, 1.82) is 0 Å². The quantitative estimate of drug-likeness (QED) is 0.496. The van der Waals surface area contributed by atoms with Crippen LogP contribution >= 0.6 is 0 Å². The molecule has 2 heteroatoms. The van der Waals surface area contributed by atoms with E-state index in [-0.39, 0.29) is 12.8 Å². The van der Waals surface area contributed by atoms with E-state index in [1.165, 1.54) is 25.7 Å². The number of halogens is 2. The normalized spacial score (nSPS) is 23.8. The van der Waals surface area contributed by atoms with Crippen molar-refractivity contribution in [3.05, 3.63) is 23.3 Å². The fourth-order valence-electron chi connectivity index (χ4n) is 1.91. The number of rotatable bonds is 0. The lowest BCUT2D eigenvalue weighted by Gasteiger charge is -2.19. The highest BCUT2D eigenvalue weighted by Gasteiger charge is 2.29. The van der Waals surface area contributed by atoms with Gasteiger partial charge >= 0.3 is 0 Å². The zero-order valence-corrected chi connectivity index (χ0v) is 10.4. The highest BCUT2D eigenvalue weighted by Crippen LogP contribution is 2.31. The SMILES string of the molecule is CC1=CCC(F)(F)CC1.CC1=CCCCC1. The van der Waals surface area contributed by atoms with Gasteiger partial charge in [-0.05, 0) is 46.0 Å². The van der Waals surface area contributed by atoms with Gasteiger partial charge in [0.1, 0.15) is 0 Å². The van der Waals surface area contributed by atoms with Crippen LogP contribution in [0.25, 0.3) is 0 Å². The lowest BCUT2D eigenvalue weighted by molar-refractivity contribution is -0.00859. The maximum atomic E-state index is 12.3. The second kappa shape index (κ2) is 6.17. The van der Waals surface area contributed by atoms with Crippen molar-refractivity contribution in [2.45, 2.75) is 64.7 Å². The van der Waals surface area contributed by atoms with E-state index in [0.717, 1.165) is 5.57 Å². The molecule has 0 aliphatic heterocycles. The number of hydrogen-bond donors (Lipinski definition) is 0. The first-order chi connectivity index (χ1) is 7.49. The van der Waals surface area contributed by atoms with Crippen LogP contribution in [0.4, 0.5) is 8.78 Å². The molecular formula is C14H22F2. The van der Waals surface area contributed by atoms with Gasteiger partial charge in [-0.25, -0.2) is 8.78 Å². The van der Waals surface area contributed by atoms with Crippen molar-refractivity contribution in [3.8, 4) is 0 Å². The molecule has 0 radical (unpaired) electrons. The minimum absolute atomic E-state index is 0.0370. The van der Waals surface area contributed by atoms with Crippen molar-refractivity contribution in [2.24, 2.45) is 0 Å². The second-order valence-corrected chi connectivity index (χ2v) is 4.91. The molecule has 0 N–H and O–H groups in total. The standard InChI is InChI=1S/C7H10F2.C7H12/c1-6-2-4-7(8,9)5-3-6;1-7-5-3-2-4-6-7/h2H,3-5H2,1H3;5H,2-4,6H2,1H3. The van der Waals surface area contributed by atoms with Gasteiger partial charge in [-0.2, -0.15) is 0 Å². The zero-order chi connectivity index (χ0) is 12.0. The minimum Gasteiger partial charge on any atom is -0.207 e. The summed E-state index contributed by atoms with van der Waals surface area (Å²) in [6.07, 6.45) is 10.0. The highest BCUT2D eigenvalue weighted by molar-refractivity contribution is 5.05. The molecule has 0 spiro atoms. The van der Waals surface area contributed by atoms with Crippen LogP contribution in [0.15, 0.2) is 23.3 Å². The Morgan fingerprint density at radius 1 is 1.00 bits per heavy atom. The van der Waals surface area contributed by atoms with Crippen LogP contribution in [0.1, 0.15) is 58.8 Å². The molecule has 0 nitrogen and oxygen atoms in total. The van der Waals surface area contributed by atoms with E-state index in [1.54, 1.807) is 11.6 Å². The fraction of sp³-hybridized carbons (Fsp3) is 0.714. The van der Waals surface area contributed by atoms with Gasteiger partial charge in [0, 0.05) is 12.8 Å². The predicted molar refractivity (Wildman–Crippen MR) is 64.8 cm³/mol. The third-order valence-corrected chi connectivity index (χ3v) is 3.15. The van der Waals surface area contributed by atoms with Crippen LogP contribution in [-0.4, -0.2) is 5.92 Å². The number of alkyl halides is 2. The molecule has 0 bridgehead atoms. The van der Waals surface area contributed by atoms with E-state index >= 15 is 0 Å². The van der Waals surface area contributed by atoms with Crippen LogP contribution in [0.3, 0.4) is 0 Å². The van der Waals surface area contributed by atoms with E-state index in [9.17, 15) is 8.78 Å². The van der Waals surface area contributed by atoms with E-state index in [4.69, 9.17) is 0 Å². The topological polar surface area (TPSA) is 0 Å². The van der Waals surface area contributed by atoms with Crippen LogP contribution in [-0.2, 0) is 0 Å². The molecule has 0 aromatic rings. The average molecular weight is 228 g/mol. The van der Waals surface area contributed by atoms with Crippen molar-refractivity contribution in [1.82, 2.24) is 0 Å². The molecule has 0 aromatic carbocycles. The molecule has 0 saturated heterocycles. The van der Waals surface area contributed by atoms with Gasteiger partial charge in [-0.15, -0.1) is 0 Å².